The summed E-state index contributed by atoms with van der Waals surface area (Å²) in [6.45, 7) is 1.51. The quantitative estimate of drug-likeness (QED) is 0.904. The third-order valence-electron chi connectivity index (χ3n) is 2.86. The van der Waals surface area contributed by atoms with Gasteiger partial charge in [0.05, 0.1) is 10.7 Å². The molecule has 7 heteroatoms. The van der Waals surface area contributed by atoms with Crippen LogP contribution in [0.3, 0.4) is 0 Å². The summed E-state index contributed by atoms with van der Waals surface area (Å²) in [7, 11) is 0. The number of aromatic nitrogens is 1. The van der Waals surface area contributed by atoms with E-state index in [1.807, 2.05) is 0 Å². The summed E-state index contributed by atoms with van der Waals surface area (Å²) in [5, 5.41) is 12.3. The van der Waals surface area contributed by atoms with Crippen LogP contribution in [0, 0.1) is 6.92 Å². The van der Waals surface area contributed by atoms with Crippen LogP contribution in [0.25, 0.3) is 0 Å². The molecule has 0 spiro atoms. The Hall–Kier alpha value is -1.98. The number of rotatable bonds is 4. The Bertz CT molecular complexity index is 710. The second-order valence-electron chi connectivity index (χ2n) is 4.45. The fraction of sp³-hybridized carbons (Fsp3) is 0.143. The molecule has 2 N–H and O–H groups in total. The summed E-state index contributed by atoms with van der Waals surface area (Å²) in [5.74, 6) is -1.49. The first-order valence-electron chi connectivity index (χ1n) is 6.02. The maximum Gasteiger partial charge on any atom is 0.323 e. The van der Waals surface area contributed by atoms with E-state index in [4.69, 9.17) is 28.3 Å². The molecule has 0 fully saturated rings. The first-order valence-corrected chi connectivity index (χ1v) is 6.78. The van der Waals surface area contributed by atoms with Crippen LogP contribution in [0.5, 0.6) is 0 Å². The normalized spacial score (nSPS) is 10.4. The molecule has 0 unspecified atom stereocenters. The molecular weight excluding hydrogens is 315 g/mol. The van der Waals surface area contributed by atoms with Gasteiger partial charge >= 0.3 is 5.97 Å². The van der Waals surface area contributed by atoms with E-state index in [-0.39, 0.29) is 12.2 Å². The van der Waals surface area contributed by atoms with Gasteiger partial charge in [-0.2, -0.15) is 0 Å². The van der Waals surface area contributed by atoms with Gasteiger partial charge in [-0.25, -0.2) is 0 Å². The number of nitrogens with one attached hydrogen (secondary N) is 1. The zero-order chi connectivity index (χ0) is 15.6. The number of carbonyl (C=O) groups excluding carboxylic acids is 1. The second-order valence-corrected chi connectivity index (χ2v) is 5.26. The van der Waals surface area contributed by atoms with Crippen LogP contribution in [-0.4, -0.2) is 21.6 Å². The van der Waals surface area contributed by atoms with E-state index in [9.17, 15) is 9.59 Å². The number of aryl methyl sites for hydroxylation is 1. The maximum absolute atomic E-state index is 12.2. The van der Waals surface area contributed by atoms with E-state index in [0.717, 1.165) is 5.56 Å². The fourth-order valence-electron chi connectivity index (χ4n) is 1.83. The van der Waals surface area contributed by atoms with E-state index in [0.29, 0.717) is 15.7 Å². The molecular formula is C14H12Cl2N2O3. The topological polar surface area (TPSA) is 71.3 Å². The number of hydrogen-bond donors (Lipinski definition) is 2. The second kappa shape index (κ2) is 6.20. The Morgan fingerprint density at radius 2 is 2.00 bits per heavy atom. The number of carboxylic acid groups (broad SMARTS) is 1. The van der Waals surface area contributed by atoms with Crippen molar-refractivity contribution in [3.63, 3.8) is 0 Å². The Labute approximate surface area is 131 Å². The molecule has 1 aromatic heterocycles. The minimum atomic E-state index is -1.03. The van der Waals surface area contributed by atoms with Crippen molar-refractivity contribution in [1.82, 2.24) is 4.57 Å². The van der Waals surface area contributed by atoms with Crippen molar-refractivity contribution in [2.24, 2.45) is 0 Å². The molecule has 110 valence electrons. The number of aliphatic carboxylic acids is 1. The molecule has 0 aliphatic rings. The van der Waals surface area contributed by atoms with Gasteiger partial charge in [-0.15, -0.1) is 0 Å². The minimum absolute atomic E-state index is 0.227. The van der Waals surface area contributed by atoms with E-state index >= 15 is 0 Å². The summed E-state index contributed by atoms with van der Waals surface area (Å²) in [6, 6.07) is 6.33. The molecule has 0 bridgehead atoms. The molecule has 5 nitrogen and oxygen atoms in total. The summed E-state index contributed by atoms with van der Waals surface area (Å²) in [6.07, 6.45) is 1.52. The summed E-state index contributed by atoms with van der Waals surface area (Å²) >= 11 is 12.1. The largest absolute Gasteiger partial charge is 0.480 e. The number of halogens is 2. The van der Waals surface area contributed by atoms with Gasteiger partial charge in [-0.05, 0) is 36.8 Å². The average molecular weight is 327 g/mol. The van der Waals surface area contributed by atoms with E-state index in [2.05, 4.69) is 5.32 Å². The van der Waals surface area contributed by atoms with Gasteiger partial charge in [0.2, 0.25) is 0 Å². The molecule has 2 aromatic rings. The minimum Gasteiger partial charge on any atom is -0.480 e. The predicted molar refractivity (Wildman–Crippen MR) is 81.2 cm³/mol. The van der Waals surface area contributed by atoms with E-state index in [1.54, 1.807) is 25.1 Å². The highest BCUT2D eigenvalue weighted by molar-refractivity contribution is 6.36. The number of nitrogens with zero attached hydrogens (tertiary/aromatic N) is 1. The number of benzene rings is 1. The summed E-state index contributed by atoms with van der Waals surface area (Å²) in [4.78, 5) is 22.9. The maximum atomic E-state index is 12.2. The monoisotopic (exact) mass is 326 g/mol. The Morgan fingerprint density at radius 1 is 1.29 bits per heavy atom. The van der Waals surface area contributed by atoms with Gasteiger partial charge in [0.25, 0.3) is 5.91 Å². The van der Waals surface area contributed by atoms with Crippen LogP contribution in [-0.2, 0) is 11.3 Å². The zero-order valence-corrected chi connectivity index (χ0v) is 12.6. The summed E-state index contributed by atoms with van der Waals surface area (Å²) < 4.78 is 1.33. The van der Waals surface area contributed by atoms with E-state index in [1.165, 1.54) is 16.8 Å². The van der Waals surface area contributed by atoms with Crippen LogP contribution < -0.4 is 5.32 Å². The molecule has 1 aromatic carbocycles. The molecule has 1 amide bonds. The van der Waals surface area contributed by atoms with Gasteiger partial charge in [0.15, 0.2) is 0 Å². The Kier molecular flexibility index (Phi) is 4.55. The van der Waals surface area contributed by atoms with Crippen LogP contribution in [0.2, 0.25) is 10.0 Å². The van der Waals surface area contributed by atoms with Gasteiger partial charge in [-0.3, -0.25) is 9.59 Å². The number of hydrogen-bond acceptors (Lipinski definition) is 2. The van der Waals surface area contributed by atoms with Crippen molar-refractivity contribution in [3.05, 3.63) is 51.8 Å². The Balaban J connectivity index is 2.25. The van der Waals surface area contributed by atoms with Crippen LogP contribution in [0.1, 0.15) is 16.1 Å². The molecule has 0 aliphatic heterocycles. The number of anilines is 1. The summed E-state index contributed by atoms with van der Waals surface area (Å²) in [5.41, 5.74) is 1.40. The highest BCUT2D eigenvalue weighted by Gasteiger charge is 2.15. The lowest BCUT2D eigenvalue weighted by Gasteiger charge is -2.10. The SMILES string of the molecule is Cc1cc(Cl)c(NC(=O)c2cccn2CC(=O)O)cc1Cl. The van der Waals surface area contributed by atoms with Gasteiger partial charge in [0.1, 0.15) is 12.2 Å². The standard InChI is InChI=1S/C14H12Cl2N2O3/c1-8-5-10(16)11(6-9(8)15)17-14(21)12-3-2-4-18(12)7-13(19)20/h2-6H,7H2,1H3,(H,17,21)(H,19,20). The fourth-order valence-corrected chi connectivity index (χ4v) is 2.26. The molecule has 21 heavy (non-hydrogen) atoms. The Morgan fingerprint density at radius 3 is 2.67 bits per heavy atom. The molecule has 0 saturated carbocycles. The lowest BCUT2D eigenvalue weighted by atomic mass is 10.2. The molecule has 2 rings (SSSR count). The molecule has 0 radical (unpaired) electrons. The third-order valence-corrected chi connectivity index (χ3v) is 3.58. The third kappa shape index (κ3) is 3.56. The van der Waals surface area contributed by atoms with Crippen molar-refractivity contribution in [3.8, 4) is 0 Å². The van der Waals surface area contributed by atoms with E-state index < -0.39 is 11.9 Å². The van der Waals surface area contributed by atoms with Crippen molar-refractivity contribution in [2.75, 3.05) is 5.32 Å². The van der Waals surface area contributed by atoms with Crippen molar-refractivity contribution in [2.45, 2.75) is 13.5 Å². The van der Waals surface area contributed by atoms with Crippen LogP contribution in [0.4, 0.5) is 5.69 Å². The molecule has 0 saturated heterocycles. The van der Waals surface area contributed by atoms with Crippen LogP contribution in [0.15, 0.2) is 30.5 Å². The van der Waals surface area contributed by atoms with Crippen molar-refractivity contribution in [1.29, 1.82) is 0 Å². The predicted octanol–water partition coefficient (Wildman–Crippen LogP) is 3.44. The zero-order valence-electron chi connectivity index (χ0n) is 11.1. The van der Waals surface area contributed by atoms with Gasteiger partial charge in [-0.1, -0.05) is 23.2 Å². The molecule has 0 atom stereocenters. The highest BCUT2D eigenvalue weighted by Crippen LogP contribution is 2.29. The number of carboxylic acids is 1. The lowest BCUT2D eigenvalue weighted by molar-refractivity contribution is -0.137. The number of amides is 1. The lowest BCUT2D eigenvalue weighted by Crippen LogP contribution is -2.19. The van der Waals surface area contributed by atoms with Gasteiger partial charge < -0.3 is 15.0 Å². The van der Waals surface area contributed by atoms with Gasteiger partial charge in [0, 0.05) is 11.2 Å². The smallest absolute Gasteiger partial charge is 0.323 e. The molecule has 1 heterocycles. The van der Waals surface area contributed by atoms with Crippen LogP contribution >= 0.6 is 23.2 Å². The average Bonchev–Trinajstić information content (AvgIpc) is 2.83. The first kappa shape index (κ1) is 15.4. The molecule has 0 aliphatic carbocycles. The highest BCUT2D eigenvalue weighted by atomic mass is 35.5. The number of carbonyl (C=O) groups is 2. The van der Waals surface area contributed by atoms with Crippen molar-refractivity contribution >= 4 is 40.8 Å². The first-order chi connectivity index (χ1) is 9.88. The van der Waals surface area contributed by atoms with Crippen molar-refractivity contribution < 1.29 is 14.7 Å².